The predicted octanol–water partition coefficient (Wildman–Crippen LogP) is 5.72. The summed E-state index contributed by atoms with van der Waals surface area (Å²) in [4.78, 5) is 22.9. The molecule has 15 heteroatoms. The van der Waals surface area contributed by atoms with Crippen LogP contribution in [0.5, 0.6) is 5.75 Å². The van der Waals surface area contributed by atoms with Crippen LogP contribution in [0.2, 0.25) is 5.02 Å². The van der Waals surface area contributed by atoms with Crippen molar-refractivity contribution in [1.82, 2.24) is 35.0 Å². The summed E-state index contributed by atoms with van der Waals surface area (Å²) >= 11 is 6.61. The van der Waals surface area contributed by atoms with E-state index in [4.69, 9.17) is 30.4 Å². The number of rotatable bonds is 11. The van der Waals surface area contributed by atoms with E-state index < -0.39 is 8.38 Å². The number of fused-ring (bicyclic) bond motifs is 1. The number of aromatic nitrogens is 6. The molecule has 3 aromatic heterocycles. The third kappa shape index (κ3) is 6.55. The van der Waals surface area contributed by atoms with Crippen molar-refractivity contribution in [2.24, 2.45) is 0 Å². The molecule has 0 radical (unpaired) electrons. The van der Waals surface area contributed by atoms with Crippen molar-refractivity contribution in [3.8, 4) is 16.9 Å². The molecule has 1 aliphatic rings. The van der Waals surface area contributed by atoms with E-state index in [2.05, 4.69) is 65.7 Å². The van der Waals surface area contributed by atoms with E-state index in [1.807, 2.05) is 30.6 Å². The molecule has 3 N–H and O–H groups in total. The minimum atomic E-state index is -1.47. The molecule has 1 saturated heterocycles. The van der Waals surface area contributed by atoms with E-state index >= 15 is 0 Å². The Bertz CT molecular complexity index is 1800. The minimum Gasteiger partial charge on any atom is -0.494 e. The number of anilines is 5. The topological polar surface area (TPSA) is 138 Å². The lowest BCUT2D eigenvalue weighted by atomic mass is 9.99. The maximum atomic E-state index is 6.61. The number of aromatic amines is 1. The summed E-state index contributed by atoms with van der Waals surface area (Å²) < 4.78 is 17.2. The smallest absolute Gasteiger partial charge is 0.229 e. The largest absolute Gasteiger partial charge is 0.494 e. The molecule has 1 aliphatic heterocycles. The molecule has 240 valence electrons. The first-order chi connectivity index (χ1) is 22.4. The van der Waals surface area contributed by atoms with E-state index in [9.17, 15) is 0 Å². The second-order valence-corrected chi connectivity index (χ2v) is 13.0. The Kier molecular flexibility index (Phi) is 9.76. The van der Waals surface area contributed by atoms with Crippen LogP contribution >= 0.6 is 20.0 Å². The summed E-state index contributed by atoms with van der Waals surface area (Å²) in [5, 5.41) is 14.9. The standard InChI is InChI=1S/C31H36ClN10O3P/c1-41(2)20-8-12-42(13-9-20)26-15-27(43-3)25(14-21(26)19-16-36-37-17-19)39-31-35-18-22(32)30(40-31)38-24-7-6-23-28(34-11-10-33-23)29(24)46(44-4)45-5/h6-7,10-11,14-18,20H,8-9,12-13H2,1-5H3,(H,36,37)(H2,35,38,39,40). The Morgan fingerprint density at radius 3 is 2.46 bits per heavy atom. The van der Waals surface area contributed by atoms with Crippen molar-refractivity contribution in [3.05, 3.63) is 60.3 Å². The van der Waals surface area contributed by atoms with Crippen LogP contribution in [0.4, 0.5) is 28.8 Å². The predicted molar refractivity (Wildman–Crippen MR) is 183 cm³/mol. The summed E-state index contributed by atoms with van der Waals surface area (Å²) in [6.07, 6.45) is 10.7. The van der Waals surface area contributed by atoms with Crippen LogP contribution in [0.15, 0.2) is 55.2 Å². The molecular formula is C31H36ClN10O3P. The highest BCUT2D eigenvalue weighted by molar-refractivity contribution is 7.57. The monoisotopic (exact) mass is 662 g/mol. The number of nitrogens with zero attached hydrogens (tertiary/aromatic N) is 7. The number of H-pyrrole nitrogens is 1. The zero-order chi connectivity index (χ0) is 32.2. The van der Waals surface area contributed by atoms with Gasteiger partial charge in [-0.15, -0.1) is 0 Å². The highest BCUT2D eigenvalue weighted by Crippen LogP contribution is 2.43. The van der Waals surface area contributed by atoms with Crippen LogP contribution in [0.1, 0.15) is 12.8 Å². The Morgan fingerprint density at radius 1 is 0.978 bits per heavy atom. The first-order valence-electron chi connectivity index (χ1n) is 14.7. The Hall–Kier alpha value is -4.13. The van der Waals surface area contributed by atoms with Crippen molar-refractivity contribution in [2.75, 3.05) is 64.0 Å². The van der Waals surface area contributed by atoms with Gasteiger partial charge < -0.3 is 34.2 Å². The van der Waals surface area contributed by atoms with Gasteiger partial charge in [-0.2, -0.15) is 10.1 Å². The van der Waals surface area contributed by atoms with Crippen LogP contribution in [-0.2, 0) is 9.05 Å². The Labute approximate surface area is 273 Å². The highest BCUT2D eigenvalue weighted by Gasteiger charge is 2.25. The van der Waals surface area contributed by atoms with Crippen LogP contribution < -0.4 is 25.6 Å². The van der Waals surface area contributed by atoms with Gasteiger partial charge in [0.2, 0.25) is 14.3 Å². The fourth-order valence-corrected chi connectivity index (χ4v) is 7.00. The quantitative estimate of drug-likeness (QED) is 0.149. The SMILES string of the molecule is COc1cc(N2CCC(N(C)C)CC2)c(-c2cn[nH]c2)cc1Nc1ncc(Cl)c(Nc2ccc3nccnc3c2P(OC)OC)n1. The molecule has 13 nitrogen and oxygen atoms in total. The van der Waals surface area contributed by atoms with Gasteiger partial charge >= 0.3 is 0 Å². The summed E-state index contributed by atoms with van der Waals surface area (Å²) in [6, 6.07) is 8.43. The number of nitrogens with one attached hydrogen (secondary N) is 3. The summed E-state index contributed by atoms with van der Waals surface area (Å²) in [5.41, 5.74) is 5.82. The van der Waals surface area contributed by atoms with Crippen LogP contribution in [-0.4, -0.2) is 89.6 Å². The minimum absolute atomic E-state index is 0.325. The van der Waals surface area contributed by atoms with Gasteiger partial charge in [-0.1, -0.05) is 11.6 Å². The lowest BCUT2D eigenvalue weighted by Crippen LogP contribution is -2.42. The summed E-state index contributed by atoms with van der Waals surface area (Å²) in [7, 11) is 7.67. The van der Waals surface area contributed by atoms with E-state index in [1.165, 1.54) is 0 Å². The lowest BCUT2D eigenvalue weighted by molar-refractivity contribution is 0.249. The number of benzene rings is 2. The zero-order valence-corrected chi connectivity index (χ0v) is 27.9. The second kappa shape index (κ2) is 14.1. The fourth-order valence-electron chi connectivity index (χ4n) is 5.68. The first-order valence-corrected chi connectivity index (χ1v) is 16.3. The molecule has 4 heterocycles. The molecule has 0 spiro atoms. The molecule has 0 unspecified atom stereocenters. The molecule has 0 bridgehead atoms. The van der Waals surface area contributed by atoms with Crippen molar-refractivity contribution in [2.45, 2.75) is 18.9 Å². The fraction of sp³-hybridized carbons (Fsp3) is 0.323. The van der Waals surface area contributed by atoms with Gasteiger partial charge in [0.05, 0.1) is 41.7 Å². The number of piperidine rings is 1. The van der Waals surface area contributed by atoms with Gasteiger partial charge in [0.15, 0.2) is 5.82 Å². The van der Waals surface area contributed by atoms with Crippen LogP contribution in [0.3, 0.4) is 0 Å². The van der Waals surface area contributed by atoms with Gasteiger partial charge in [-0.3, -0.25) is 15.1 Å². The van der Waals surface area contributed by atoms with Crippen LogP contribution in [0.25, 0.3) is 22.2 Å². The Balaban J connectivity index is 1.34. The molecule has 6 rings (SSSR count). The molecule has 2 aromatic carbocycles. The van der Waals surface area contributed by atoms with Gasteiger partial charge in [0, 0.05) is 74.8 Å². The number of hydrogen-bond donors (Lipinski definition) is 3. The molecular weight excluding hydrogens is 627 g/mol. The van der Waals surface area contributed by atoms with E-state index in [1.54, 1.807) is 39.9 Å². The average molecular weight is 663 g/mol. The maximum absolute atomic E-state index is 6.61. The summed E-state index contributed by atoms with van der Waals surface area (Å²) in [5.74, 6) is 1.37. The third-order valence-corrected chi connectivity index (χ3v) is 9.79. The zero-order valence-electron chi connectivity index (χ0n) is 26.3. The van der Waals surface area contributed by atoms with Crippen LogP contribution in [0, 0.1) is 0 Å². The van der Waals surface area contributed by atoms with E-state index in [0.717, 1.165) is 48.0 Å². The number of halogens is 1. The molecule has 0 atom stereocenters. The number of ether oxygens (including phenoxy) is 1. The molecule has 1 fully saturated rings. The maximum Gasteiger partial charge on any atom is 0.229 e. The number of hydrogen-bond acceptors (Lipinski definition) is 12. The van der Waals surface area contributed by atoms with E-state index in [0.29, 0.717) is 51.0 Å². The molecule has 0 saturated carbocycles. The van der Waals surface area contributed by atoms with Crippen molar-refractivity contribution in [1.29, 1.82) is 0 Å². The van der Waals surface area contributed by atoms with Gasteiger partial charge in [0.25, 0.3) is 0 Å². The van der Waals surface area contributed by atoms with Gasteiger partial charge in [-0.25, -0.2) is 4.98 Å². The molecule has 0 amide bonds. The third-order valence-electron chi connectivity index (χ3n) is 8.03. The lowest BCUT2D eigenvalue weighted by Gasteiger charge is -2.37. The second-order valence-electron chi connectivity index (χ2n) is 10.9. The van der Waals surface area contributed by atoms with Crippen molar-refractivity contribution >= 4 is 65.1 Å². The number of methoxy groups -OCH3 is 1. The highest BCUT2D eigenvalue weighted by atomic mass is 35.5. The Morgan fingerprint density at radius 2 is 1.76 bits per heavy atom. The van der Waals surface area contributed by atoms with Gasteiger partial charge in [0.1, 0.15) is 16.3 Å². The van der Waals surface area contributed by atoms with Gasteiger partial charge in [-0.05, 0) is 45.1 Å². The molecule has 0 aliphatic carbocycles. The molecule has 5 aromatic rings. The van der Waals surface area contributed by atoms with Crippen molar-refractivity contribution in [3.63, 3.8) is 0 Å². The van der Waals surface area contributed by atoms with E-state index in [-0.39, 0.29) is 0 Å². The molecule has 46 heavy (non-hydrogen) atoms. The first kappa shape index (κ1) is 31.8. The summed E-state index contributed by atoms with van der Waals surface area (Å²) in [6.45, 7) is 1.88. The normalized spacial score (nSPS) is 14.0. The average Bonchev–Trinajstić information content (AvgIpc) is 3.62. The van der Waals surface area contributed by atoms with Crippen molar-refractivity contribution < 1.29 is 13.8 Å².